The zero-order valence-corrected chi connectivity index (χ0v) is 21.0. The summed E-state index contributed by atoms with van der Waals surface area (Å²) >= 11 is 1.40. The van der Waals surface area contributed by atoms with Crippen LogP contribution in [0.1, 0.15) is 5.56 Å². The van der Waals surface area contributed by atoms with Gasteiger partial charge in [-0.1, -0.05) is 54.2 Å². The number of piperazine rings is 1. The number of para-hydroxylation sites is 2. The Morgan fingerprint density at radius 2 is 1.64 bits per heavy atom. The molecular weight excluding hydrogens is 472 g/mol. The molecule has 1 amide bonds. The number of methoxy groups -OCH3 is 1. The van der Waals surface area contributed by atoms with Gasteiger partial charge in [-0.25, -0.2) is 0 Å². The van der Waals surface area contributed by atoms with Crippen LogP contribution in [-0.2, 0) is 11.3 Å². The Kier molecular flexibility index (Phi) is 7.58. The first kappa shape index (κ1) is 24.0. The number of hydrogen-bond donors (Lipinski definition) is 0. The number of amides is 1. The van der Waals surface area contributed by atoms with Crippen molar-refractivity contribution in [3.8, 4) is 22.8 Å². The predicted molar refractivity (Wildman–Crippen MR) is 140 cm³/mol. The van der Waals surface area contributed by atoms with Gasteiger partial charge in [0.1, 0.15) is 5.75 Å². The Morgan fingerprint density at radius 1 is 0.917 bits per heavy atom. The number of pyridine rings is 1. The van der Waals surface area contributed by atoms with E-state index in [1.165, 1.54) is 17.3 Å². The van der Waals surface area contributed by atoms with Gasteiger partial charge in [-0.3, -0.25) is 19.2 Å². The van der Waals surface area contributed by atoms with Gasteiger partial charge in [0.25, 0.3) is 0 Å². The highest BCUT2D eigenvalue weighted by Crippen LogP contribution is 2.32. The Morgan fingerprint density at radius 3 is 2.39 bits per heavy atom. The van der Waals surface area contributed by atoms with Gasteiger partial charge < -0.3 is 9.64 Å². The maximum Gasteiger partial charge on any atom is 0.233 e. The molecule has 4 aromatic rings. The van der Waals surface area contributed by atoms with Gasteiger partial charge in [0.05, 0.1) is 18.6 Å². The standard InChI is InChI=1S/C27H28N6O2S/c1-35-24-10-6-5-9-23(24)33-26(22-11-13-28-14-12-22)29-30-27(33)36-20-25(34)32-17-15-31(16-18-32)19-21-7-3-2-4-8-21/h2-14H,15-20H2,1H3. The number of nitrogens with zero attached hydrogens (tertiary/aromatic N) is 6. The van der Waals surface area contributed by atoms with Crippen LogP contribution in [0, 0.1) is 0 Å². The zero-order chi connectivity index (χ0) is 24.7. The summed E-state index contributed by atoms with van der Waals surface area (Å²) in [5.41, 5.74) is 3.01. The van der Waals surface area contributed by atoms with Crippen molar-refractivity contribution in [2.75, 3.05) is 39.0 Å². The Hall–Kier alpha value is -3.69. The van der Waals surface area contributed by atoms with Crippen molar-refractivity contribution < 1.29 is 9.53 Å². The summed E-state index contributed by atoms with van der Waals surface area (Å²) in [6.07, 6.45) is 3.45. The molecule has 0 spiro atoms. The largest absolute Gasteiger partial charge is 0.495 e. The summed E-state index contributed by atoms with van der Waals surface area (Å²) in [7, 11) is 1.64. The fourth-order valence-electron chi connectivity index (χ4n) is 4.30. The van der Waals surface area contributed by atoms with Gasteiger partial charge in [-0.2, -0.15) is 0 Å². The molecule has 1 saturated heterocycles. The van der Waals surface area contributed by atoms with E-state index in [-0.39, 0.29) is 5.91 Å². The monoisotopic (exact) mass is 500 g/mol. The minimum atomic E-state index is 0.111. The molecule has 2 aromatic heterocycles. The molecule has 1 aliphatic rings. The van der Waals surface area contributed by atoms with E-state index in [1.54, 1.807) is 19.5 Å². The molecule has 184 valence electrons. The van der Waals surface area contributed by atoms with Crippen LogP contribution in [0.4, 0.5) is 0 Å². The summed E-state index contributed by atoms with van der Waals surface area (Å²) in [5.74, 6) is 1.78. The zero-order valence-electron chi connectivity index (χ0n) is 20.2. The maximum atomic E-state index is 13.1. The van der Waals surface area contributed by atoms with E-state index >= 15 is 0 Å². The molecule has 0 unspecified atom stereocenters. The minimum absolute atomic E-state index is 0.111. The minimum Gasteiger partial charge on any atom is -0.495 e. The van der Waals surface area contributed by atoms with E-state index in [1.807, 2.05) is 51.9 Å². The molecule has 0 N–H and O–H groups in total. The van der Waals surface area contributed by atoms with Crippen molar-refractivity contribution in [1.29, 1.82) is 0 Å². The summed E-state index contributed by atoms with van der Waals surface area (Å²) in [6, 6.07) is 22.0. The van der Waals surface area contributed by atoms with Gasteiger partial charge in [0, 0.05) is 50.7 Å². The number of thioether (sulfide) groups is 1. The van der Waals surface area contributed by atoms with E-state index in [0.29, 0.717) is 22.5 Å². The van der Waals surface area contributed by atoms with Crippen molar-refractivity contribution in [3.63, 3.8) is 0 Å². The normalized spacial score (nSPS) is 14.1. The number of carbonyl (C=O) groups excluding carboxylic acids is 1. The molecule has 2 aromatic carbocycles. The number of rotatable bonds is 8. The molecule has 0 radical (unpaired) electrons. The van der Waals surface area contributed by atoms with E-state index in [9.17, 15) is 4.79 Å². The topological polar surface area (TPSA) is 76.4 Å². The lowest BCUT2D eigenvalue weighted by atomic mass is 10.2. The van der Waals surface area contributed by atoms with E-state index in [4.69, 9.17) is 4.74 Å². The van der Waals surface area contributed by atoms with Crippen molar-refractivity contribution in [2.45, 2.75) is 11.7 Å². The third kappa shape index (κ3) is 5.42. The van der Waals surface area contributed by atoms with Crippen LogP contribution in [-0.4, -0.2) is 74.5 Å². The van der Waals surface area contributed by atoms with Crippen LogP contribution in [0.25, 0.3) is 17.1 Å². The highest BCUT2D eigenvalue weighted by Gasteiger charge is 2.24. The smallest absolute Gasteiger partial charge is 0.233 e. The fourth-order valence-corrected chi connectivity index (χ4v) is 5.15. The number of carbonyl (C=O) groups is 1. The molecule has 36 heavy (non-hydrogen) atoms. The second-order valence-electron chi connectivity index (χ2n) is 8.48. The van der Waals surface area contributed by atoms with Crippen LogP contribution in [0.3, 0.4) is 0 Å². The van der Waals surface area contributed by atoms with Gasteiger partial charge in [-0.05, 0) is 29.8 Å². The highest BCUT2D eigenvalue weighted by molar-refractivity contribution is 7.99. The molecule has 0 aliphatic carbocycles. The lowest BCUT2D eigenvalue weighted by Crippen LogP contribution is -2.48. The number of benzene rings is 2. The van der Waals surface area contributed by atoms with Crippen molar-refractivity contribution in [1.82, 2.24) is 29.5 Å². The molecule has 0 atom stereocenters. The molecular formula is C27H28N6O2S. The highest BCUT2D eigenvalue weighted by atomic mass is 32.2. The van der Waals surface area contributed by atoms with Gasteiger partial charge >= 0.3 is 0 Å². The van der Waals surface area contributed by atoms with E-state index in [0.717, 1.165) is 44.0 Å². The number of hydrogen-bond acceptors (Lipinski definition) is 7. The molecule has 1 fully saturated rings. The predicted octanol–water partition coefficient (Wildman–Crippen LogP) is 3.77. The third-order valence-corrected chi connectivity index (χ3v) is 7.11. The lowest BCUT2D eigenvalue weighted by Gasteiger charge is -2.34. The SMILES string of the molecule is COc1ccccc1-n1c(SCC(=O)N2CCN(Cc3ccccc3)CC2)nnc1-c1ccncc1. The van der Waals surface area contributed by atoms with Crippen LogP contribution >= 0.6 is 11.8 Å². The summed E-state index contributed by atoms with van der Waals surface area (Å²) in [5, 5.41) is 9.54. The number of ether oxygens (including phenoxy) is 1. The average Bonchev–Trinajstić information content (AvgIpc) is 3.37. The first-order chi connectivity index (χ1) is 17.7. The van der Waals surface area contributed by atoms with Gasteiger partial charge in [0.2, 0.25) is 5.91 Å². The fraction of sp³-hybridized carbons (Fsp3) is 0.259. The maximum absolute atomic E-state index is 13.1. The van der Waals surface area contributed by atoms with Gasteiger partial charge in [-0.15, -0.1) is 10.2 Å². The second kappa shape index (κ2) is 11.4. The van der Waals surface area contributed by atoms with Crippen LogP contribution in [0.2, 0.25) is 0 Å². The van der Waals surface area contributed by atoms with Gasteiger partial charge in [0.15, 0.2) is 11.0 Å². The Labute approximate surface area is 214 Å². The van der Waals surface area contributed by atoms with Crippen molar-refractivity contribution in [3.05, 3.63) is 84.7 Å². The summed E-state index contributed by atoms with van der Waals surface area (Å²) < 4.78 is 7.56. The summed E-state index contributed by atoms with van der Waals surface area (Å²) in [4.78, 5) is 21.5. The van der Waals surface area contributed by atoms with Crippen LogP contribution < -0.4 is 4.74 Å². The van der Waals surface area contributed by atoms with Crippen molar-refractivity contribution >= 4 is 17.7 Å². The van der Waals surface area contributed by atoms with Crippen LogP contribution in [0.15, 0.2) is 84.3 Å². The molecule has 9 heteroatoms. The van der Waals surface area contributed by atoms with Crippen molar-refractivity contribution in [2.24, 2.45) is 0 Å². The third-order valence-electron chi connectivity index (χ3n) is 6.20. The second-order valence-corrected chi connectivity index (χ2v) is 9.42. The first-order valence-electron chi connectivity index (χ1n) is 11.9. The molecule has 0 bridgehead atoms. The molecule has 1 aliphatic heterocycles. The molecule has 3 heterocycles. The molecule has 0 saturated carbocycles. The Bertz CT molecular complexity index is 1290. The first-order valence-corrected chi connectivity index (χ1v) is 12.9. The van der Waals surface area contributed by atoms with E-state index < -0.39 is 0 Å². The summed E-state index contributed by atoms with van der Waals surface area (Å²) in [6.45, 7) is 4.11. The molecule has 8 nitrogen and oxygen atoms in total. The van der Waals surface area contributed by atoms with E-state index in [2.05, 4.69) is 44.3 Å². The number of aromatic nitrogens is 4. The van der Waals surface area contributed by atoms with Crippen LogP contribution in [0.5, 0.6) is 5.75 Å². The lowest BCUT2D eigenvalue weighted by molar-refractivity contribution is -0.130. The average molecular weight is 501 g/mol. The molecule has 5 rings (SSSR count). The quantitative estimate of drug-likeness (QED) is 0.341. The Balaban J connectivity index is 1.28.